The van der Waals surface area contributed by atoms with Gasteiger partial charge < -0.3 is 12.4 Å². The number of hydrogen-bond donors (Lipinski definition) is 0. The van der Waals surface area contributed by atoms with Crippen molar-refractivity contribution in [3.05, 3.63) is 0 Å². The predicted molar refractivity (Wildman–Crippen MR) is 54.9 cm³/mol. The Labute approximate surface area is 105 Å². The minimum atomic E-state index is -1.79. The van der Waals surface area contributed by atoms with Crippen molar-refractivity contribution in [2.45, 2.75) is 20.8 Å². The van der Waals surface area contributed by atoms with Gasteiger partial charge in [-0.2, -0.15) is 0 Å². The average molecular weight is 388 g/mol. The van der Waals surface area contributed by atoms with Gasteiger partial charge in [0.15, 0.2) is 0 Å². The summed E-state index contributed by atoms with van der Waals surface area (Å²) in [6.45, 7) is 10.3. The Bertz CT molecular complexity index is 113. The van der Waals surface area contributed by atoms with Gasteiger partial charge in [-0.15, -0.1) is 0 Å². The van der Waals surface area contributed by atoms with E-state index in [-0.39, 0.29) is 12.4 Å². The molecule has 0 rings (SSSR count). The van der Waals surface area contributed by atoms with Crippen LogP contribution < -0.4 is 12.4 Å². The normalized spacial score (nSPS) is 10.9. The summed E-state index contributed by atoms with van der Waals surface area (Å²) in [5.74, 6) is 0. The molecule has 0 bridgehead atoms. The molecule has 0 aliphatic heterocycles. The molecule has 0 spiro atoms. The molecule has 0 saturated heterocycles. The Morgan fingerprint density at radius 1 is 0.714 bits per heavy atom. The maximum absolute atomic E-state index is 2.57. The van der Waals surface area contributed by atoms with E-state index in [2.05, 4.69) is 50.6 Å². The summed E-state index contributed by atoms with van der Waals surface area (Å²) in [5.41, 5.74) is 0. The summed E-state index contributed by atoms with van der Waals surface area (Å²) < 4.78 is 7.70. The Hall–Kier alpha value is 1.04. The molecule has 0 N–H and O–H groups in total. The van der Waals surface area contributed by atoms with Gasteiger partial charge in [-0.25, -0.2) is 0 Å². The SMILES string of the molecule is CC[N](C)[Hf+]([N](C)CC)[N](C)CC.[Cl-]. The monoisotopic (exact) mass is 389 g/mol. The molecule has 0 aliphatic carbocycles. The van der Waals surface area contributed by atoms with Crippen LogP contribution in [0.3, 0.4) is 0 Å². The van der Waals surface area contributed by atoms with Crippen molar-refractivity contribution < 1.29 is 34.7 Å². The molecule has 0 saturated carbocycles. The van der Waals surface area contributed by atoms with E-state index in [0.717, 1.165) is 0 Å². The molecular weight excluding hydrogens is 364 g/mol. The summed E-state index contributed by atoms with van der Waals surface area (Å²) in [6.07, 6.45) is 0. The van der Waals surface area contributed by atoms with Gasteiger partial charge in [0.1, 0.15) is 0 Å². The van der Waals surface area contributed by atoms with Crippen LogP contribution in [0.2, 0.25) is 0 Å². The molecule has 3 nitrogen and oxygen atoms in total. The van der Waals surface area contributed by atoms with E-state index in [4.69, 9.17) is 0 Å². The third-order valence-corrected chi connectivity index (χ3v) is 13.2. The first-order valence-electron chi connectivity index (χ1n) is 5.08. The Morgan fingerprint density at radius 2 is 0.929 bits per heavy atom. The zero-order valence-electron chi connectivity index (χ0n) is 10.3. The molecule has 0 aromatic heterocycles. The van der Waals surface area contributed by atoms with Crippen LogP contribution in [-0.4, -0.2) is 49.4 Å². The zero-order valence-corrected chi connectivity index (χ0v) is 14.7. The molecule has 0 aromatic carbocycles. The van der Waals surface area contributed by atoms with Gasteiger partial charge in [-0.1, -0.05) is 0 Å². The van der Waals surface area contributed by atoms with E-state index in [1.54, 1.807) is 0 Å². The number of hydrogen-bond acceptors (Lipinski definition) is 3. The first-order valence-corrected chi connectivity index (χ1v) is 9.90. The first kappa shape index (κ1) is 17.4. The van der Waals surface area contributed by atoms with Crippen molar-refractivity contribution in [2.75, 3.05) is 40.8 Å². The topological polar surface area (TPSA) is 9.72 Å². The van der Waals surface area contributed by atoms with Crippen LogP contribution in [0.25, 0.3) is 0 Å². The number of halogens is 1. The van der Waals surface area contributed by atoms with Crippen molar-refractivity contribution in [3.63, 3.8) is 0 Å². The molecule has 0 fully saturated rings. The first-order chi connectivity index (χ1) is 6.08. The van der Waals surface area contributed by atoms with Gasteiger partial charge in [-0.05, 0) is 0 Å². The third kappa shape index (κ3) is 5.21. The summed E-state index contributed by atoms with van der Waals surface area (Å²) >= 11 is -1.79. The average Bonchev–Trinajstić information content (AvgIpc) is 2.16. The second kappa shape index (κ2) is 9.28. The van der Waals surface area contributed by atoms with Crippen molar-refractivity contribution in [1.82, 2.24) is 8.66 Å². The van der Waals surface area contributed by atoms with Crippen LogP contribution in [0.1, 0.15) is 20.8 Å². The molecule has 5 heteroatoms. The van der Waals surface area contributed by atoms with Gasteiger partial charge >= 0.3 is 92.5 Å². The van der Waals surface area contributed by atoms with Gasteiger partial charge in [0, 0.05) is 0 Å². The summed E-state index contributed by atoms with van der Waals surface area (Å²) in [5, 5.41) is 0. The van der Waals surface area contributed by atoms with Gasteiger partial charge in [0.2, 0.25) is 0 Å². The van der Waals surface area contributed by atoms with Crippen LogP contribution in [-0.2, 0) is 22.3 Å². The van der Waals surface area contributed by atoms with E-state index < -0.39 is 22.3 Å². The van der Waals surface area contributed by atoms with E-state index in [1.807, 2.05) is 0 Å². The second-order valence-electron chi connectivity index (χ2n) is 3.34. The van der Waals surface area contributed by atoms with E-state index in [9.17, 15) is 0 Å². The summed E-state index contributed by atoms with van der Waals surface area (Å²) in [7, 11) is 6.79. The molecule has 0 radical (unpaired) electrons. The quantitative estimate of drug-likeness (QED) is 0.498. The van der Waals surface area contributed by atoms with Crippen LogP contribution in [0.4, 0.5) is 0 Å². The van der Waals surface area contributed by atoms with Crippen molar-refractivity contribution >= 4 is 0 Å². The Morgan fingerprint density at radius 3 is 1.07 bits per heavy atom. The maximum Gasteiger partial charge on any atom is -1.00 e. The fraction of sp³-hybridized carbons (Fsp3) is 1.00. The van der Waals surface area contributed by atoms with E-state index in [1.165, 1.54) is 19.6 Å². The molecule has 86 valence electrons. The fourth-order valence-corrected chi connectivity index (χ4v) is 10.6. The van der Waals surface area contributed by atoms with Crippen LogP contribution >= 0.6 is 0 Å². The molecule has 0 heterocycles. The fourth-order valence-electron chi connectivity index (χ4n) is 1.30. The predicted octanol–water partition coefficient (Wildman–Crippen LogP) is -1.79. The number of rotatable bonds is 6. The maximum atomic E-state index is 2.57. The Balaban J connectivity index is 0. The van der Waals surface area contributed by atoms with Gasteiger partial charge in [0.25, 0.3) is 0 Å². The standard InChI is InChI=1S/3C3H8N.ClH.Hf/c3*1-3-4-2;;/h3*3H2,1-2H3;1H;/q3*-1;;+4/p-1. The molecule has 0 aromatic rings. The minimum Gasteiger partial charge on any atom is -1.00 e. The molecule has 0 atom stereocenters. The van der Waals surface area contributed by atoms with Gasteiger partial charge in [-0.3, -0.25) is 0 Å². The third-order valence-electron chi connectivity index (χ3n) is 2.45. The van der Waals surface area contributed by atoms with E-state index >= 15 is 0 Å². The number of nitrogens with zero attached hydrogens (tertiary/aromatic N) is 3. The van der Waals surface area contributed by atoms with Crippen molar-refractivity contribution in [1.29, 1.82) is 0 Å². The summed E-state index contributed by atoms with van der Waals surface area (Å²) in [6, 6.07) is 0. The van der Waals surface area contributed by atoms with Crippen LogP contribution in [0, 0.1) is 0 Å². The molecule has 0 amide bonds. The van der Waals surface area contributed by atoms with Crippen LogP contribution in [0.5, 0.6) is 0 Å². The molecule has 14 heavy (non-hydrogen) atoms. The van der Waals surface area contributed by atoms with E-state index in [0.29, 0.717) is 0 Å². The zero-order chi connectivity index (χ0) is 10.4. The molecule has 0 unspecified atom stereocenters. The van der Waals surface area contributed by atoms with Crippen molar-refractivity contribution in [2.24, 2.45) is 0 Å². The largest absolute Gasteiger partial charge is 1.00 e. The summed E-state index contributed by atoms with van der Waals surface area (Å²) in [4.78, 5) is 0. The van der Waals surface area contributed by atoms with Gasteiger partial charge in [0.05, 0.1) is 0 Å². The second-order valence-corrected chi connectivity index (χ2v) is 13.7. The van der Waals surface area contributed by atoms with Crippen molar-refractivity contribution in [3.8, 4) is 0 Å². The smallest absolute Gasteiger partial charge is 1.00 e. The minimum absolute atomic E-state index is 0. The molecule has 0 aliphatic rings. The Kier molecular flexibility index (Phi) is 11.6. The molecular formula is C9H24ClHfN3. The van der Waals surface area contributed by atoms with Crippen LogP contribution in [0.15, 0.2) is 0 Å².